The van der Waals surface area contributed by atoms with Crippen LogP contribution in [0.15, 0.2) is 0 Å². The molecule has 0 fully saturated rings. The Morgan fingerprint density at radius 2 is 1.00 bits per heavy atom. The van der Waals surface area contributed by atoms with Gasteiger partial charge in [0.05, 0.1) is 0 Å². The molecule has 6 heavy (non-hydrogen) atoms. The molecule has 0 rings (SSSR count). The van der Waals surface area contributed by atoms with E-state index in [1.54, 1.807) is 10.1 Å². The molecule has 0 spiro atoms. The Morgan fingerprint density at radius 3 is 1.00 bits per heavy atom. The van der Waals surface area contributed by atoms with Crippen molar-refractivity contribution in [2.75, 3.05) is 0 Å². The maximum absolute atomic E-state index is 8.06. The molecule has 0 N–H and O–H groups in total. The first kappa shape index (κ1) is 42.2. The van der Waals surface area contributed by atoms with Crippen molar-refractivity contribution < 1.29 is 37.1 Å². The van der Waals surface area contributed by atoms with Crippen molar-refractivity contribution in [3.05, 3.63) is 0 Å². The monoisotopic (exact) mass is 212 g/mol. The molecule has 0 saturated heterocycles. The number of rotatable bonds is 0. The molecule has 0 atom stereocenters. The number of hydrogen-bond acceptors (Lipinski definition) is 1. The fourth-order valence-electron chi connectivity index (χ4n) is 0. The van der Waals surface area contributed by atoms with Crippen molar-refractivity contribution in [1.82, 2.24) is 0 Å². The van der Waals surface area contributed by atoms with E-state index >= 15 is 0 Å². The van der Waals surface area contributed by atoms with Crippen LogP contribution < -0.4 is 0 Å². The molecule has 0 radical (unpaired) electrons. The van der Waals surface area contributed by atoms with Crippen LogP contribution >= 0.6 is 0 Å². The third kappa shape index (κ3) is 35.5. The van der Waals surface area contributed by atoms with E-state index in [1.165, 1.54) is 0 Å². The quantitative estimate of drug-likeness (QED) is 0.468. The summed E-state index contributed by atoms with van der Waals surface area (Å²) >= 11 is 0. The second-order valence-electron chi connectivity index (χ2n) is 0. The van der Waals surface area contributed by atoms with E-state index < -0.39 is 0 Å². The summed E-state index contributed by atoms with van der Waals surface area (Å²) in [6, 6.07) is 0. The minimum absolute atomic E-state index is 0. The smallest absolute Gasteiger partial charge is 2.00 e. The molecule has 3 nitrogen and oxygen atoms in total. The normalized spacial score (nSPS) is 1.00. The van der Waals surface area contributed by atoms with Gasteiger partial charge >= 0.3 is 81.8 Å². The second-order valence-corrected chi connectivity index (χ2v) is 0. The zero-order valence-electron chi connectivity index (χ0n) is 2.93. The molecule has 0 bridgehead atoms. The van der Waals surface area contributed by atoms with Crippen LogP contribution in [-0.4, -0.2) is 55.6 Å². The van der Waals surface area contributed by atoms with Crippen molar-refractivity contribution in [3.63, 3.8) is 0 Å². The molecule has 0 unspecified atom stereocenters. The molecular formula is O3SiSrTi+4. The van der Waals surface area contributed by atoms with Crippen LogP contribution in [-0.2, 0) is 37.1 Å². The molecule has 0 aliphatic carbocycles. The minimum atomic E-state index is 0. The maximum Gasteiger partial charge on any atom is 4.00 e. The van der Waals surface area contributed by atoms with E-state index in [2.05, 4.69) is 0 Å². The SMILES string of the molecule is O=[Si+2].[O-2].[O-2].[Sr+2].[Ti+4]. The van der Waals surface area contributed by atoms with Crippen LogP contribution in [0.5, 0.6) is 0 Å². The minimum Gasteiger partial charge on any atom is -2.00 e. The first-order valence-corrected chi connectivity index (χ1v) is 0.612. The summed E-state index contributed by atoms with van der Waals surface area (Å²) in [6.07, 6.45) is 0. The average molecular weight is 212 g/mol. The Morgan fingerprint density at radius 1 is 1.00 bits per heavy atom. The fraction of sp³-hybridized carbons (Fsp3) is 0. The van der Waals surface area contributed by atoms with Crippen LogP contribution in [0, 0.1) is 0 Å². The van der Waals surface area contributed by atoms with E-state index in [0.717, 1.165) is 0 Å². The molecule has 6 heteroatoms. The van der Waals surface area contributed by atoms with Crippen molar-refractivity contribution in [2.24, 2.45) is 0 Å². The van der Waals surface area contributed by atoms with E-state index in [0.29, 0.717) is 0 Å². The topological polar surface area (TPSA) is 74.1 Å². The van der Waals surface area contributed by atoms with Gasteiger partial charge in [0.25, 0.3) is 0 Å². The van der Waals surface area contributed by atoms with Crippen molar-refractivity contribution >= 4 is 55.6 Å². The predicted molar refractivity (Wildman–Crippen MR) is 13.6 cm³/mol. The Kier molecular flexibility index (Phi) is 415. The Hall–Kier alpha value is 2.13. The zero-order chi connectivity index (χ0) is 2.00. The van der Waals surface area contributed by atoms with Crippen LogP contribution in [0.4, 0.5) is 0 Å². The van der Waals surface area contributed by atoms with Crippen LogP contribution in [0.3, 0.4) is 0 Å². The third-order valence-electron chi connectivity index (χ3n) is 0. The summed E-state index contributed by atoms with van der Waals surface area (Å²) < 4.78 is 8.06. The zero-order valence-corrected chi connectivity index (χ0v) is 8.97. The van der Waals surface area contributed by atoms with Gasteiger partial charge in [0.2, 0.25) is 0 Å². The summed E-state index contributed by atoms with van der Waals surface area (Å²) in [4.78, 5) is 0. The maximum atomic E-state index is 8.06. The molecular weight excluding hydrogens is 212 g/mol. The van der Waals surface area contributed by atoms with Crippen molar-refractivity contribution in [2.45, 2.75) is 0 Å². The van der Waals surface area contributed by atoms with Gasteiger partial charge in [0.1, 0.15) is 0 Å². The summed E-state index contributed by atoms with van der Waals surface area (Å²) in [7, 11) is 1.72. The second kappa shape index (κ2) is 59.0. The van der Waals surface area contributed by atoms with Gasteiger partial charge in [-0.05, 0) is 0 Å². The standard InChI is InChI=1S/OSi.2O.Sr.Ti/c1-2;;;;/q+2;2*-2;+2;+4. The molecule has 0 heterocycles. The summed E-state index contributed by atoms with van der Waals surface area (Å²) in [5, 5.41) is 0. The molecule has 0 aromatic rings. The summed E-state index contributed by atoms with van der Waals surface area (Å²) in [5.74, 6) is 0. The van der Waals surface area contributed by atoms with Gasteiger partial charge in [0, 0.05) is 0 Å². The van der Waals surface area contributed by atoms with Crippen LogP contribution in [0.2, 0.25) is 0 Å². The number of hydrogen-bond donors (Lipinski definition) is 0. The Bertz CT molecular complexity index is 10.8. The summed E-state index contributed by atoms with van der Waals surface area (Å²) in [5.41, 5.74) is 0. The Labute approximate surface area is 91.1 Å². The first-order chi connectivity index (χ1) is 1.00. The molecule has 0 aliphatic rings. The van der Waals surface area contributed by atoms with Crippen LogP contribution in [0.25, 0.3) is 0 Å². The largest absolute Gasteiger partial charge is 4.00 e. The Balaban J connectivity index is -0.000000000833. The van der Waals surface area contributed by atoms with Gasteiger partial charge in [-0.15, -0.1) is 0 Å². The molecule has 0 aromatic carbocycles. The van der Waals surface area contributed by atoms with E-state index in [-0.39, 0.29) is 78.2 Å². The molecule has 0 aliphatic heterocycles. The van der Waals surface area contributed by atoms with Gasteiger partial charge in [-0.25, -0.2) is 0 Å². The molecule has 24 valence electrons. The van der Waals surface area contributed by atoms with E-state index in [1.807, 2.05) is 0 Å². The van der Waals surface area contributed by atoms with Gasteiger partial charge in [0.15, 0.2) is 0 Å². The van der Waals surface area contributed by atoms with E-state index in [4.69, 9.17) is 4.46 Å². The first-order valence-electron chi connectivity index (χ1n) is 0.204. The molecule has 0 amide bonds. The predicted octanol–water partition coefficient (Wildman–Crippen LogP) is -1.12. The van der Waals surface area contributed by atoms with E-state index in [9.17, 15) is 0 Å². The third-order valence-corrected chi connectivity index (χ3v) is 0. The van der Waals surface area contributed by atoms with Crippen LogP contribution in [0.1, 0.15) is 0 Å². The average Bonchev–Trinajstić information content (AvgIpc) is 1.00. The molecule has 0 saturated carbocycles. The van der Waals surface area contributed by atoms with Gasteiger partial charge in [-0.2, -0.15) is 0 Å². The van der Waals surface area contributed by atoms with Gasteiger partial charge in [-0.1, -0.05) is 0 Å². The summed E-state index contributed by atoms with van der Waals surface area (Å²) in [6.45, 7) is 0. The van der Waals surface area contributed by atoms with Crippen molar-refractivity contribution in [1.29, 1.82) is 0 Å². The fourth-order valence-corrected chi connectivity index (χ4v) is 0. The molecule has 0 aromatic heterocycles. The van der Waals surface area contributed by atoms with Gasteiger partial charge < -0.3 is 11.0 Å². The van der Waals surface area contributed by atoms with Crippen molar-refractivity contribution in [3.8, 4) is 0 Å². The van der Waals surface area contributed by atoms with Gasteiger partial charge in [-0.3, -0.25) is 0 Å².